The van der Waals surface area contributed by atoms with Crippen molar-refractivity contribution in [3.05, 3.63) is 25.6 Å². The molecule has 0 aliphatic carbocycles. The summed E-state index contributed by atoms with van der Waals surface area (Å²) in [5, 5.41) is 0.224. The number of rotatable bonds is 3. The summed E-state index contributed by atoms with van der Waals surface area (Å²) in [6.45, 7) is 4.72. The maximum atomic E-state index is 4.16. The molecule has 1 heterocycles. The van der Waals surface area contributed by atoms with E-state index in [-0.39, 0.29) is 5.25 Å². The second-order valence-corrected chi connectivity index (χ2v) is 2.97. The van der Waals surface area contributed by atoms with E-state index in [1.165, 1.54) is 0 Å². The Morgan fingerprint density at radius 2 is 2.50 bits per heavy atom. The SMILES string of the molecule is [CH2]C(S)CCn1ccnc1. The number of nitrogens with zero attached hydrogens (tertiary/aromatic N) is 2. The van der Waals surface area contributed by atoms with E-state index in [0.29, 0.717) is 0 Å². The molecule has 55 valence electrons. The highest BCUT2D eigenvalue weighted by molar-refractivity contribution is 7.81. The van der Waals surface area contributed by atoms with Gasteiger partial charge in [0.2, 0.25) is 0 Å². The molecule has 0 saturated carbocycles. The number of imidazole rings is 1. The van der Waals surface area contributed by atoms with Crippen LogP contribution in [0.15, 0.2) is 18.7 Å². The molecule has 0 fully saturated rings. The number of aromatic nitrogens is 2. The monoisotopic (exact) mass is 155 g/mol. The standard InChI is InChI=1S/C7H11N2S/c1-7(10)2-4-9-5-3-8-6-9/h3,5-7,10H,1-2,4H2. The van der Waals surface area contributed by atoms with E-state index in [1.807, 2.05) is 10.8 Å². The van der Waals surface area contributed by atoms with E-state index >= 15 is 0 Å². The average Bonchev–Trinajstić information content (AvgIpc) is 2.34. The summed E-state index contributed by atoms with van der Waals surface area (Å²) in [7, 11) is 0. The van der Waals surface area contributed by atoms with Crippen LogP contribution in [-0.2, 0) is 6.54 Å². The highest BCUT2D eigenvalue weighted by Gasteiger charge is 1.94. The van der Waals surface area contributed by atoms with Crippen LogP contribution in [0.2, 0.25) is 0 Å². The molecule has 10 heavy (non-hydrogen) atoms. The van der Waals surface area contributed by atoms with Gasteiger partial charge in [-0.2, -0.15) is 12.6 Å². The zero-order valence-corrected chi connectivity index (χ0v) is 6.67. The first-order valence-corrected chi connectivity index (χ1v) is 3.77. The third-order valence-corrected chi connectivity index (χ3v) is 1.54. The molecule has 0 amide bonds. The molecule has 1 unspecified atom stereocenters. The summed E-state index contributed by atoms with van der Waals surface area (Å²) in [5.74, 6) is 0. The molecule has 1 rings (SSSR count). The molecule has 0 aliphatic heterocycles. The Balaban J connectivity index is 2.28. The van der Waals surface area contributed by atoms with Gasteiger partial charge in [0, 0.05) is 24.2 Å². The summed E-state index contributed by atoms with van der Waals surface area (Å²) < 4.78 is 2.02. The molecule has 0 N–H and O–H groups in total. The smallest absolute Gasteiger partial charge is 0.0945 e. The third-order valence-electron chi connectivity index (χ3n) is 1.28. The zero-order valence-electron chi connectivity index (χ0n) is 5.77. The number of hydrogen-bond acceptors (Lipinski definition) is 2. The van der Waals surface area contributed by atoms with Gasteiger partial charge in [-0.3, -0.25) is 0 Å². The van der Waals surface area contributed by atoms with Crippen molar-refractivity contribution in [1.29, 1.82) is 0 Å². The molecule has 0 spiro atoms. The highest BCUT2D eigenvalue weighted by Crippen LogP contribution is 2.00. The van der Waals surface area contributed by atoms with Crippen LogP contribution in [0.1, 0.15) is 6.42 Å². The van der Waals surface area contributed by atoms with Crippen LogP contribution in [0.3, 0.4) is 0 Å². The maximum Gasteiger partial charge on any atom is 0.0945 e. The Morgan fingerprint density at radius 3 is 3.00 bits per heavy atom. The van der Waals surface area contributed by atoms with Gasteiger partial charge in [-0.25, -0.2) is 4.98 Å². The van der Waals surface area contributed by atoms with Crippen molar-refractivity contribution in [2.75, 3.05) is 0 Å². The summed E-state index contributed by atoms with van der Waals surface area (Å²) in [6, 6.07) is 0. The van der Waals surface area contributed by atoms with Crippen molar-refractivity contribution in [3.8, 4) is 0 Å². The van der Waals surface area contributed by atoms with Gasteiger partial charge < -0.3 is 4.57 Å². The Morgan fingerprint density at radius 1 is 1.70 bits per heavy atom. The first kappa shape index (κ1) is 7.66. The lowest BCUT2D eigenvalue weighted by Crippen LogP contribution is -2.00. The third kappa shape index (κ3) is 2.43. The molecule has 0 aliphatic rings. The molecular formula is C7H11N2S. The van der Waals surface area contributed by atoms with Crippen LogP contribution in [-0.4, -0.2) is 14.8 Å². The fourth-order valence-corrected chi connectivity index (χ4v) is 0.833. The molecule has 1 atom stereocenters. The molecule has 1 radical (unpaired) electrons. The quantitative estimate of drug-likeness (QED) is 0.653. The largest absolute Gasteiger partial charge is 0.337 e. The summed E-state index contributed by atoms with van der Waals surface area (Å²) in [4.78, 5) is 3.92. The van der Waals surface area contributed by atoms with E-state index in [1.54, 1.807) is 12.5 Å². The molecule has 0 bridgehead atoms. The summed E-state index contributed by atoms with van der Waals surface area (Å²) in [6.07, 6.45) is 6.50. The molecule has 0 aromatic carbocycles. The van der Waals surface area contributed by atoms with Gasteiger partial charge in [0.25, 0.3) is 0 Å². The molecule has 1 aromatic rings. The van der Waals surface area contributed by atoms with Crippen LogP contribution in [0, 0.1) is 6.92 Å². The predicted molar refractivity (Wildman–Crippen MR) is 45.0 cm³/mol. The van der Waals surface area contributed by atoms with Gasteiger partial charge in [-0.1, -0.05) is 0 Å². The van der Waals surface area contributed by atoms with Crippen molar-refractivity contribution < 1.29 is 0 Å². The minimum atomic E-state index is 0.224. The molecule has 0 saturated heterocycles. The first-order valence-electron chi connectivity index (χ1n) is 3.26. The fourth-order valence-electron chi connectivity index (χ4n) is 0.717. The first-order chi connectivity index (χ1) is 4.79. The average molecular weight is 155 g/mol. The highest BCUT2D eigenvalue weighted by atomic mass is 32.1. The Hall–Kier alpha value is -0.440. The van der Waals surface area contributed by atoms with E-state index in [0.717, 1.165) is 13.0 Å². The molecule has 1 aromatic heterocycles. The van der Waals surface area contributed by atoms with E-state index < -0.39 is 0 Å². The number of hydrogen-bond donors (Lipinski definition) is 1. The van der Waals surface area contributed by atoms with Gasteiger partial charge in [0.1, 0.15) is 0 Å². The van der Waals surface area contributed by atoms with Gasteiger partial charge in [-0.05, 0) is 13.3 Å². The van der Waals surface area contributed by atoms with Crippen LogP contribution in [0.4, 0.5) is 0 Å². The second-order valence-electron chi connectivity index (χ2n) is 2.24. The lowest BCUT2D eigenvalue weighted by molar-refractivity contribution is 0.656. The van der Waals surface area contributed by atoms with Gasteiger partial charge in [0.05, 0.1) is 6.33 Å². The summed E-state index contributed by atoms with van der Waals surface area (Å²) >= 11 is 4.16. The lowest BCUT2D eigenvalue weighted by Gasteiger charge is -2.02. The minimum absolute atomic E-state index is 0.224. The van der Waals surface area contributed by atoms with Crippen LogP contribution in [0.25, 0.3) is 0 Å². The normalized spacial score (nSPS) is 13.4. The van der Waals surface area contributed by atoms with E-state index in [9.17, 15) is 0 Å². The molecular weight excluding hydrogens is 144 g/mol. The Kier molecular flexibility index (Phi) is 2.81. The van der Waals surface area contributed by atoms with Crippen molar-refractivity contribution in [2.24, 2.45) is 0 Å². The van der Waals surface area contributed by atoms with Gasteiger partial charge in [-0.15, -0.1) is 0 Å². The Bertz CT molecular complexity index is 170. The van der Waals surface area contributed by atoms with Crippen molar-refractivity contribution in [1.82, 2.24) is 9.55 Å². The van der Waals surface area contributed by atoms with Gasteiger partial charge >= 0.3 is 0 Å². The summed E-state index contributed by atoms with van der Waals surface area (Å²) in [5.41, 5.74) is 0. The van der Waals surface area contributed by atoms with Crippen LogP contribution >= 0.6 is 12.6 Å². The number of thiol groups is 1. The fraction of sp³-hybridized carbons (Fsp3) is 0.429. The second kappa shape index (κ2) is 3.66. The zero-order chi connectivity index (χ0) is 7.40. The van der Waals surface area contributed by atoms with Crippen LogP contribution in [0.5, 0.6) is 0 Å². The lowest BCUT2D eigenvalue weighted by atomic mass is 10.3. The topological polar surface area (TPSA) is 17.8 Å². The molecule has 3 heteroatoms. The minimum Gasteiger partial charge on any atom is -0.337 e. The molecule has 2 nitrogen and oxygen atoms in total. The predicted octanol–water partition coefficient (Wildman–Crippen LogP) is 1.41. The number of aryl methyl sites for hydroxylation is 1. The van der Waals surface area contributed by atoms with E-state index in [4.69, 9.17) is 0 Å². The Labute approximate surface area is 66.7 Å². The van der Waals surface area contributed by atoms with Crippen molar-refractivity contribution >= 4 is 12.6 Å². The van der Waals surface area contributed by atoms with Crippen molar-refractivity contribution in [3.63, 3.8) is 0 Å². The van der Waals surface area contributed by atoms with E-state index in [2.05, 4.69) is 24.5 Å². The van der Waals surface area contributed by atoms with Crippen molar-refractivity contribution in [2.45, 2.75) is 18.2 Å². The maximum absolute atomic E-state index is 4.16. The van der Waals surface area contributed by atoms with Crippen LogP contribution < -0.4 is 0 Å². The van der Waals surface area contributed by atoms with Gasteiger partial charge in [0.15, 0.2) is 0 Å².